The molecule has 1 aromatic rings. The zero-order valence-electron chi connectivity index (χ0n) is 11.3. The molecule has 5 nitrogen and oxygen atoms in total. The molecule has 5 heteroatoms. The second-order valence-corrected chi connectivity index (χ2v) is 4.70. The zero-order valence-corrected chi connectivity index (χ0v) is 11.3. The van der Waals surface area contributed by atoms with Crippen LogP contribution in [0.15, 0.2) is 31.0 Å². The Morgan fingerprint density at radius 1 is 1.42 bits per heavy atom. The monoisotopic (exact) mass is 260 g/mol. The van der Waals surface area contributed by atoms with Crippen LogP contribution in [0.25, 0.3) is 0 Å². The molecule has 1 amide bonds. The van der Waals surface area contributed by atoms with Crippen LogP contribution in [-0.4, -0.2) is 60.5 Å². The van der Waals surface area contributed by atoms with Gasteiger partial charge in [-0.1, -0.05) is 6.08 Å². The summed E-state index contributed by atoms with van der Waals surface area (Å²) in [5.41, 5.74) is 1.41. The first-order chi connectivity index (χ1) is 9.20. The summed E-state index contributed by atoms with van der Waals surface area (Å²) in [5, 5.41) is 3.13. The van der Waals surface area contributed by atoms with Gasteiger partial charge < -0.3 is 15.1 Å². The maximum Gasteiger partial charge on any atom is 0.272 e. The quantitative estimate of drug-likeness (QED) is 0.823. The van der Waals surface area contributed by atoms with Crippen LogP contribution in [0.1, 0.15) is 10.5 Å². The topological polar surface area (TPSA) is 48.5 Å². The first kappa shape index (κ1) is 13.5. The third kappa shape index (κ3) is 3.54. The van der Waals surface area contributed by atoms with Gasteiger partial charge in [0, 0.05) is 32.7 Å². The van der Waals surface area contributed by atoms with Crippen molar-refractivity contribution in [3.05, 3.63) is 36.7 Å². The van der Waals surface area contributed by atoms with Crippen molar-refractivity contribution in [3.8, 4) is 0 Å². The summed E-state index contributed by atoms with van der Waals surface area (Å²) >= 11 is 0. The van der Waals surface area contributed by atoms with E-state index in [9.17, 15) is 4.79 Å². The number of anilines is 1. The summed E-state index contributed by atoms with van der Waals surface area (Å²) < 4.78 is 0. The first-order valence-electron chi connectivity index (χ1n) is 6.49. The number of carbonyl (C=O) groups is 1. The Kier molecular flexibility index (Phi) is 4.52. The number of pyridine rings is 1. The Hall–Kier alpha value is -1.88. The van der Waals surface area contributed by atoms with Crippen molar-refractivity contribution < 1.29 is 4.79 Å². The maximum atomic E-state index is 12.2. The van der Waals surface area contributed by atoms with E-state index in [-0.39, 0.29) is 5.91 Å². The van der Waals surface area contributed by atoms with Crippen molar-refractivity contribution in [2.24, 2.45) is 0 Å². The van der Waals surface area contributed by atoms with Gasteiger partial charge >= 0.3 is 0 Å². The highest BCUT2D eigenvalue weighted by Crippen LogP contribution is 2.09. The van der Waals surface area contributed by atoms with Gasteiger partial charge in [-0.05, 0) is 19.2 Å². The van der Waals surface area contributed by atoms with E-state index in [1.54, 1.807) is 18.3 Å². The molecule has 1 saturated heterocycles. The molecule has 0 atom stereocenters. The molecule has 1 N–H and O–H groups in total. The van der Waals surface area contributed by atoms with Crippen LogP contribution in [0, 0.1) is 0 Å². The van der Waals surface area contributed by atoms with Crippen LogP contribution < -0.4 is 5.32 Å². The predicted molar refractivity (Wildman–Crippen MR) is 76.3 cm³/mol. The fourth-order valence-electron chi connectivity index (χ4n) is 1.99. The second-order valence-electron chi connectivity index (χ2n) is 4.70. The van der Waals surface area contributed by atoms with E-state index in [0.717, 1.165) is 31.9 Å². The normalized spacial score (nSPS) is 16.2. The lowest BCUT2D eigenvalue weighted by molar-refractivity contribution is 0.0658. The number of aromatic nitrogens is 1. The zero-order chi connectivity index (χ0) is 13.7. The van der Waals surface area contributed by atoms with Crippen LogP contribution >= 0.6 is 0 Å². The lowest BCUT2D eigenvalue weighted by atomic mass is 10.2. The fraction of sp³-hybridized carbons (Fsp3) is 0.429. The highest BCUT2D eigenvalue weighted by Gasteiger charge is 2.20. The van der Waals surface area contributed by atoms with Gasteiger partial charge in [-0.25, -0.2) is 4.98 Å². The van der Waals surface area contributed by atoms with Crippen molar-refractivity contribution in [2.75, 3.05) is 45.1 Å². The lowest BCUT2D eigenvalue weighted by Crippen LogP contribution is -2.47. The molecule has 1 fully saturated rings. The van der Waals surface area contributed by atoms with Gasteiger partial charge in [0.2, 0.25) is 0 Å². The van der Waals surface area contributed by atoms with Crippen molar-refractivity contribution >= 4 is 11.6 Å². The molecule has 0 aromatic carbocycles. The Balaban J connectivity index is 1.97. The molecular formula is C14H20N4O. The Morgan fingerprint density at radius 3 is 2.74 bits per heavy atom. The average molecular weight is 260 g/mol. The molecule has 2 rings (SSSR count). The molecule has 0 unspecified atom stereocenters. The number of rotatable bonds is 4. The molecule has 1 aromatic heterocycles. The number of carbonyl (C=O) groups excluding carboxylic acids is 1. The van der Waals surface area contributed by atoms with Crippen LogP contribution in [0.5, 0.6) is 0 Å². The van der Waals surface area contributed by atoms with Gasteiger partial charge in [0.1, 0.15) is 5.69 Å². The number of amides is 1. The standard InChI is InChI=1S/C14H20N4O/c1-3-6-15-12-4-5-13(16-11-12)14(19)18-9-7-17(2)8-10-18/h3-5,11,15H,1,6-10H2,2H3. The van der Waals surface area contributed by atoms with Gasteiger partial charge in [0.05, 0.1) is 11.9 Å². The minimum atomic E-state index is 0.0170. The number of nitrogens with one attached hydrogen (secondary N) is 1. The molecule has 1 aliphatic heterocycles. The van der Waals surface area contributed by atoms with E-state index >= 15 is 0 Å². The first-order valence-corrected chi connectivity index (χ1v) is 6.49. The van der Waals surface area contributed by atoms with E-state index in [1.165, 1.54) is 0 Å². The highest BCUT2D eigenvalue weighted by atomic mass is 16.2. The van der Waals surface area contributed by atoms with E-state index in [1.807, 2.05) is 11.0 Å². The van der Waals surface area contributed by atoms with E-state index in [4.69, 9.17) is 0 Å². The number of hydrogen-bond donors (Lipinski definition) is 1. The second kappa shape index (κ2) is 6.33. The van der Waals surface area contributed by atoms with Crippen molar-refractivity contribution in [2.45, 2.75) is 0 Å². The summed E-state index contributed by atoms with van der Waals surface area (Å²) in [6.07, 6.45) is 3.47. The Bertz CT molecular complexity index is 435. The molecule has 2 heterocycles. The number of piperazine rings is 1. The van der Waals surface area contributed by atoms with Gasteiger partial charge in [0.15, 0.2) is 0 Å². The fourth-order valence-corrected chi connectivity index (χ4v) is 1.99. The Labute approximate surface area is 113 Å². The molecule has 0 saturated carbocycles. The van der Waals surface area contributed by atoms with Crippen LogP contribution in [0.2, 0.25) is 0 Å². The van der Waals surface area contributed by atoms with Crippen molar-refractivity contribution in [1.82, 2.24) is 14.8 Å². The third-order valence-electron chi connectivity index (χ3n) is 3.22. The lowest BCUT2D eigenvalue weighted by Gasteiger charge is -2.32. The summed E-state index contributed by atoms with van der Waals surface area (Å²) in [5.74, 6) is 0.0170. The highest BCUT2D eigenvalue weighted by molar-refractivity contribution is 5.92. The number of hydrogen-bond acceptors (Lipinski definition) is 4. The van der Waals surface area contributed by atoms with Gasteiger partial charge in [-0.2, -0.15) is 0 Å². The molecular weight excluding hydrogens is 240 g/mol. The maximum absolute atomic E-state index is 12.2. The summed E-state index contributed by atoms with van der Waals surface area (Å²) in [6.45, 7) is 7.71. The molecule has 19 heavy (non-hydrogen) atoms. The summed E-state index contributed by atoms with van der Waals surface area (Å²) in [4.78, 5) is 20.5. The molecule has 0 radical (unpaired) electrons. The van der Waals surface area contributed by atoms with Gasteiger partial charge in [-0.3, -0.25) is 4.79 Å². The molecule has 102 valence electrons. The van der Waals surface area contributed by atoms with Gasteiger partial charge in [0.25, 0.3) is 5.91 Å². The van der Waals surface area contributed by atoms with E-state index in [0.29, 0.717) is 12.2 Å². The van der Waals surface area contributed by atoms with E-state index in [2.05, 4.69) is 28.8 Å². The Morgan fingerprint density at radius 2 is 2.16 bits per heavy atom. The molecule has 0 bridgehead atoms. The number of likely N-dealkylation sites (N-methyl/N-ethyl adjacent to an activating group) is 1. The molecule has 0 spiro atoms. The largest absolute Gasteiger partial charge is 0.380 e. The third-order valence-corrected chi connectivity index (χ3v) is 3.22. The predicted octanol–water partition coefficient (Wildman–Crippen LogP) is 1.07. The minimum absolute atomic E-state index is 0.0170. The summed E-state index contributed by atoms with van der Waals surface area (Å²) in [7, 11) is 2.07. The van der Waals surface area contributed by atoms with Crippen LogP contribution in [0.3, 0.4) is 0 Å². The van der Waals surface area contributed by atoms with Crippen molar-refractivity contribution in [1.29, 1.82) is 0 Å². The van der Waals surface area contributed by atoms with Gasteiger partial charge in [-0.15, -0.1) is 6.58 Å². The summed E-state index contributed by atoms with van der Waals surface area (Å²) in [6, 6.07) is 3.64. The van der Waals surface area contributed by atoms with E-state index < -0.39 is 0 Å². The number of nitrogens with zero attached hydrogens (tertiary/aromatic N) is 3. The molecule has 0 aliphatic carbocycles. The minimum Gasteiger partial charge on any atom is -0.380 e. The SMILES string of the molecule is C=CCNc1ccc(C(=O)N2CCN(C)CC2)nc1. The smallest absolute Gasteiger partial charge is 0.272 e. The van der Waals surface area contributed by atoms with Crippen LogP contribution in [-0.2, 0) is 0 Å². The van der Waals surface area contributed by atoms with Crippen molar-refractivity contribution in [3.63, 3.8) is 0 Å². The molecule has 1 aliphatic rings. The van der Waals surface area contributed by atoms with Crippen LogP contribution in [0.4, 0.5) is 5.69 Å². The average Bonchev–Trinajstić information content (AvgIpc) is 2.46.